The molecule has 1 atom stereocenters. The van der Waals surface area contributed by atoms with Crippen LogP contribution in [0.15, 0.2) is 42.5 Å². The average Bonchev–Trinajstić information content (AvgIpc) is 2.52. The molecule has 0 bridgehead atoms. The highest BCUT2D eigenvalue weighted by Crippen LogP contribution is 2.35. The molecule has 0 spiro atoms. The fourth-order valence-electron chi connectivity index (χ4n) is 2.60. The zero-order valence-electron chi connectivity index (χ0n) is 13.7. The van der Waals surface area contributed by atoms with Crippen LogP contribution in [0.25, 0.3) is 0 Å². The molecule has 0 fully saturated rings. The lowest BCUT2D eigenvalue weighted by atomic mass is 10.1. The van der Waals surface area contributed by atoms with Crippen LogP contribution in [-0.2, 0) is 14.8 Å². The second-order valence-electron chi connectivity index (χ2n) is 5.87. The Balaban J connectivity index is 1.89. The van der Waals surface area contributed by atoms with E-state index in [1.54, 1.807) is 18.2 Å². The number of benzene rings is 2. The second kappa shape index (κ2) is 6.36. The van der Waals surface area contributed by atoms with E-state index in [0.717, 1.165) is 16.1 Å². The third kappa shape index (κ3) is 3.74. The van der Waals surface area contributed by atoms with Crippen LogP contribution in [0.3, 0.4) is 0 Å². The highest BCUT2D eigenvalue weighted by Gasteiger charge is 2.35. The van der Waals surface area contributed by atoms with Gasteiger partial charge >= 0.3 is 0 Å². The lowest BCUT2D eigenvalue weighted by Gasteiger charge is -2.34. The molecule has 3 rings (SSSR count). The van der Waals surface area contributed by atoms with Gasteiger partial charge in [-0.05, 0) is 42.8 Å². The minimum Gasteiger partial charge on any atom is -0.476 e. The summed E-state index contributed by atoms with van der Waals surface area (Å²) in [5, 5.41) is 2.54. The maximum absolute atomic E-state index is 13.2. The number of nitrogens with zero attached hydrogens (tertiary/aromatic N) is 1. The number of carbonyl (C=O) groups is 1. The highest BCUT2D eigenvalue weighted by molar-refractivity contribution is 7.92. The van der Waals surface area contributed by atoms with E-state index in [2.05, 4.69) is 5.32 Å². The molecular weight excluding hydrogens is 347 g/mol. The van der Waals surface area contributed by atoms with Gasteiger partial charge in [0.1, 0.15) is 11.6 Å². The van der Waals surface area contributed by atoms with Gasteiger partial charge in [-0.25, -0.2) is 12.8 Å². The van der Waals surface area contributed by atoms with Crippen molar-refractivity contribution < 1.29 is 22.3 Å². The van der Waals surface area contributed by atoms with Gasteiger partial charge in [0.2, 0.25) is 10.0 Å². The Labute approximate surface area is 145 Å². The topological polar surface area (TPSA) is 75.7 Å². The molecular formula is C17H17FN2O4S. The summed E-state index contributed by atoms with van der Waals surface area (Å²) < 4.78 is 44.3. The first-order chi connectivity index (χ1) is 11.7. The van der Waals surface area contributed by atoms with Crippen LogP contribution in [0, 0.1) is 12.7 Å². The van der Waals surface area contributed by atoms with Crippen LogP contribution in [0.2, 0.25) is 0 Å². The van der Waals surface area contributed by atoms with E-state index in [1.165, 1.54) is 24.3 Å². The van der Waals surface area contributed by atoms with Crippen LogP contribution >= 0.6 is 0 Å². The summed E-state index contributed by atoms with van der Waals surface area (Å²) in [5.74, 6) is -0.729. The molecule has 0 aliphatic carbocycles. The number of anilines is 2. The molecule has 2 aromatic carbocycles. The van der Waals surface area contributed by atoms with Crippen LogP contribution < -0.4 is 14.4 Å². The maximum Gasteiger partial charge on any atom is 0.267 e. The lowest BCUT2D eigenvalue weighted by molar-refractivity contribution is -0.122. The predicted octanol–water partition coefficient (Wildman–Crippen LogP) is 2.30. The number of hydrogen-bond acceptors (Lipinski definition) is 4. The predicted molar refractivity (Wildman–Crippen MR) is 92.8 cm³/mol. The van der Waals surface area contributed by atoms with Gasteiger partial charge in [0.15, 0.2) is 6.10 Å². The molecule has 6 nitrogen and oxygen atoms in total. The Morgan fingerprint density at radius 2 is 2.04 bits per heavy atom. The Hall–Kier alpha value is -2.61. The summed E-state index contributed by atoms with van der Waals surface area (Å²) in [6.45, 7) is 1.68. The van der Waals surface area contributed by atoms with Gasteiger partial charge < -0.3 is 10.1 Å². The van der Waals surface area contributed by atoms with Crippen LogP contribution in [0.5, 0.6) is 5.75 Å². The molecule has 2 aromatic rings. The molecule has 0 aromatic heterocycles. The van der Waals surface area contributed by atoms with E-state index in [0.29, 0.717) is 11.4 Å². The molecule has 1 aliphatic heterocycles. The van der Waals surface area contributed by atoms with Gasteiger partial charge in [-0.15, -0.1) is 0 Å². The van der Waals surface area contributed by atoms with E-state index in [-0.39, 0.29) is 12.2 Å². The minimum atomic E-state index is -3.59. The smallest absolute Gasteiger partial charge is 0.267 e. The number of fused-ring (bicyclic) bond motifs is 1. The first-order valence-electron chi connectivity index (χ1n) is 7.55. The zero-order valence-corrected chi connectivity index (χ0v) is 14.5. The van der Waals surface area contributed by atoms with E-state index in [4.69, 9.17) is 4.74 Å². The molecule has 0 radical (unpaired) electrons. The molecule has 1 unspecified atom stereocenters. The Morgan fingerprint density at radius 3 is 2.72 bits per heavy atom. The summed E-state index contributed by atoms with van der Waals surface area (Å²) in [4.78, 5) is 12.4. The van der Waals surface area contributed by atoms with Crippen molar-refractivity contribution in [3.05, 3.63) is 53.8 Å². The van der Waals surface area contributed by atoms with E-state index < -0.39 is 27.9 Å². The van der Waals surface area contributed by atoms with Crippen molar-refractivity contribution in [1.82, 2.24) is 0 Å². The molecule has 1 heterocycles. The number of halogens is 1. The van der Waals surface area contributed by atoms with Crippen LogP contribution in [0.4, 0.5) is 15.8 Å². The largest absolute Gasteiger partial charge is 0.476 e. The van der Waals surface area contributed by atoms with E-state index >= 15 is 0 Å². The SMILES string of the molecule is Cc1ccc2c(c1)N(S(C)(=O)=O)CC(C(=O)Nc1cccc(F)c1)O2. The fourth-order valence-corrected chi connectivity index (χ4v) is 3.51. The van der Waals surface area contributed by atoms with Crippen LogP contribution in [-0.4, -0.2) is 33.2 Å². The summed E-state index contributed by atoms with van der Waals surface area (Å²) >= 11 is 0. The number of sulfonamides is 1. The maximum atomic E-state index is 13.2. The Bertz CT molecular complexity index is 930. The number of rotatable bonds is 3. The summed E-state index contributed by atoms with van der Waals surface area (Å²) in [6.07, 6.45) is 0.0274. The first-order valence-corrected chi connectivity index (χ1v) is 9.40. The molecule has 1 amide bonds. The third-order valence-electron chi connectivity index (χ3n) is 3.77. The number of amides is 1. The zero-order chi connectivity index (χ0) is 18.2. The van der Waals surface area contributed by atoms with Crippen molar-refractivity contribution in [3.8, 4) is 5.75 Å². The summed E-state index contributed by atoms with van der Waals surface area (Å²) in [6, 6.07) is 10.5. The van der Waals surface area contributed by atoms with Gasteiger partial charge in [0.25, 0.3) is 5.91 Å². The monoisotopic (exact) mass is 364 g/mol. The molecule has 1 aliphatic rings. The lowest BCUT2D eigenvalue weighted by Crippen LogP contribution is -2.48. The standard InChI is InChI=1S/C17H17FN2O4S/c1-11-6-7-15-14(8-11)20(25(2,22)23)10-16(24-15)17(21)19-13-5-3-4-12(18)9-13/h3-9,16H,10H2,1-2H3,(H,19,21). The van der Waals surface area contributed by atoms with E-state index in [1.807, 2.05) is 6.92 Å². The van der Waals surface area contributed by atoms with E-state index in [9.17, 15) is 17.6 Å². The molecule has 1 N–H and O–H groups in total. The quantitative estimate of drug-likeness (QED) is 0.907. The van der Waals surface area contributed by atoms with Crippen molar-refractivity contribution in [3.63, 3.8) is 0 Å². The fraction of sp³-hybridized carbons (Fsp3) is 0.235. The molecule has 25 heavy (non-hydrogen) atoms. The van der Waals surface area contributed by atoms with Crippen molar-refractivity contribution in [2.24, 2.45) is 0 Å². The van der Waals surface area contributed by atoms with Crippen molar-refractivity contribution in [2.75, 3.05) is 22.4 Å². The van der Waals surface area contributed by atoms with Gasteiger partial charge in [-0.1, -0.05) is 12.1 Å². The normalized spacial score (nSPS) is 16.8. The molecule has 0 saturated carbocycles. The van der Waals surface area contributed by atoms with Crippen molar-refractivity contribution >= 4 is 27.3 Å². The summed E-state index contributed by atoms with van der Waals surface area (Å²) in [7, 11) is -3.59. The molecule has 0 saturated heterocycles. The first kappa shape index (κ1) is 17.2. The van der Waals surface area contributed by atoms with Gasteiger partial charge in [-0.3, -0.25) is 9.10 Å². The summed E-state index contributed by atoms with van der Waals surface area (Å²) in [5.41, 5.74) is 1.55. The average molecular weight is 364 g/mol. The number of nitrogens with one attached hydrogen (secondary N) is 1. The van der Waals surface area contributed by atoms with Crippen molar-refractivity contribution in [1.29, 1.82) is 0 Å². The van der Waals surface area contributed by atoms with Crippen molar-refractivity contribution in [2.45, 2.75) is 13.0 Å². The van der Waals surface area contributed by atoms with Crippen LogP contribution in [0.1, 0.15) is 5.56 Å². The number of ether oxygens (including phenoxy) is 1. The molecule has 8 heteroatoms. The number of carbonyl (C=O) groups excluding carboxylic acids is 1. The number of aryl methyl sites for hydroxylation is 1. The molecule has 132 valence electrons. The highest BCUT2D eigenvalue weighted by atomic mass is 32.2. The second-order valence-corrected chi connectivity index (χ2v) is 7.78. The Kier molecular flexibility index (Phi) is 4.38. The minimum absolute atomic E-state index is 0.156. The Morgan fingerprint density at radius 1 is 1.28 bits per heavy atom. The third-order valence-corrected chi connectivity index (χ3v) is 4.92. The van der Waals surface area contributed by atoms with Gasteiger partial charge in [0.05, 0.1) is 18.5 Å². The van der Waals surface area contributed by atoms with Gasteiger partial charge in [0, 0.05) is 5.69 Å². The van der Waals surface area contributed by atoms with Gasteiger partial charge in [-0.2, -0.15) is 0 Å². The number of hydrogen-bond donors (Lipinski definition) is 1.